The fourth-order valence-corrected chi connectivity index (χ4v) is 3.12. The van der Waals surface area contributed by atoms with E-state index < -0.39 is 10.0 Å². The predicted molar refractivity (Wildman–Crippen MR) is 79.3 cm³/mol. The first kappa shape index (κ1) is 16.0. The molecule has 0 spiro atoms. The largest absolute Gasteiger partial charge is 0.361 e. The molecule has 0 unspecified atom stereocenters. The van der Waals surface area contributed by atoms with Gasteiger partial charge in [0.05, 0.1) is 10.6 Å². The number of benzene rings is 1. The molecule has 21 heavy (non-hydrogen) atoms. The Labute approximate surface area is 128 Å². The molecule has 1 aromatic carbocycles. The Bertz CT molecular complexity index is 737. The molecule has 1 heterocycles. The molecule has 0 aliphatic heterocycles. The highest BCUT2D eigenvalue weighted by molar-refractivity contribution is 7.89. The maximum Gasteiger partial charge on any atom is 0.240 e. The Hall–Kier alpha value is -1.41. The van der Waals surface area contributed by atoms with Crippen LogP contribution in [-0.4, -0.2) is 13.6 Å². The van der Waals surface area contributed by atoms with Crippen LogP contribution in [-0.2, 0) is 23.1 Å². The Morgan fingerprint density at radius 2 is 2.10 bits per heavy atom. The van der Waals surface area contributed by atoms with Crippen molar-refractivity contribution in [2.75, 3.05) is 0 Å². The fourth-order valence-electron chi connectivity index (χ4n) is 1.88. The van der Waals surface area contributed by atoms with Crippen molar-refractivity contribution in [3.05, 3.63) is 45.8 Å². The van der Waals surface area contributed by atoms with E-state index in [2.05, 4.69) is 9.88 Å². The lowest BCUT2D eigenvalue weighted by Crippen LogP contribution is -2.24. The van der Waals surface area contributed by atoms with Gasteiger partial charge in [0, 0.05) is 23.7 Å². The van der Waals surface area contributed by atoms with Gasteiger partial charge in [-0.25, -0.2) is 13.1 Å². The summed E-state index contributed by atoms with van der Waals surface area (Å²) in [4.78, 5) is 0.124. The third-order valence-electron chi connectivity index (χ3n) is 3.17. The number of nitrogens with two attached hydrogens (primary N) is 1. The summed E-state index contributed by atoms with van der Waals surface area (Å²) in [6.07, 6.45) is 0. The third-order valence-corrected chi connectivity index (χ3v) is 4.94. The molecule has 2 aromatic rings. The van der Waals surface area contributed by atoms with Crippen LogP contribution in [0.2, 0.25) is 5.02 Å². The number of hydrogen-bond acceptors (Lipinski definition) is 5. The summed E-state index contributed by atoms with van der Waals surface area (Å²) in [7, 11) is -3.65. The highest BCUT2D eigenvalue weighted by Gasteiger charge is 2.17. The molecular formula is C13H16ClN3O3S. The minimum atomic E-state index is -3.65. The van der Waals surface area contributed by atoms with Crippen molar-refractivity contribution >= 4 is 21.6 Å². The van der Waals surface area contributed by atoms with Gasteiger partial charge in [-0.1, -0.05) is 16.8 Å². The van der Waals surface area contributed by atoms with E-state index in [-0.39, 0.29) is 18.0 Å². The van der Waals surface area contributed by atoms with E-state index >= 15 is 0 Å². The molecule has 0 atom stereocenters. The third kappa shape index (κ3) is 3.44. The lowest BCUT2D eigenvalue weighted by molar-refractivity contribution is 0.392. The smallest absolute Gasteiger partial charge is 0.240 e. The topological polar surface area (TPSA) is 98.2 Å². The van der Waals surface area contributed by atoms with Gasteiger partial charge in [-0.05, 0) is 37.6 Å². The number of halogens is 1. The van der Waals surface area contributed by atoms with Crippen LogP contribution in [0.5, 0.6) is 0 Å². The van der Waals surface area contributed by atoms with Gasteiger partial charge in [0.2, 0.25) is 10.0 Å². The maximum absolute atomic E-state index is 12.3. The van der Waals surface area contributed by atoms with Crippen LogP contribution in [0.1, 0.15) is 22.6 Å². The number of hydrogen-bond donors (Lipinski definition) is 2. The quantitative estimate of drug-likeness (QED) is 0.872. The van der Waals surface area contributed by atoms with Crippen molar-refractivity contribution < 1.29 is 12.9 Å². The van der Waals surface area contributed by atoms with Crippen LogP contribution in [0.4, 0.5) is 0 Å². The number of aromatic nitrogens is 1. The first-order valence-electron chi connectivity index (χ1n) is 6.25. The van der Waals surface area contributed by atoms with Crippen molar-refractivity contribution in [1.82, 2.24) is 9.88 Å². The van der Waals surface area contributed by atoms with Crippen LogP contribution in [0.3, 0.4) is 0 Å². The van der Waals surface area contributed by atoms with Crippen molar-refractivity contribution in [1.29, 1.82) is 0 Å². The molecule has 6 nitrogen and oxygen atoms in total. The number of rotatable bonds is 5. The van der Waals surface area contributed by atoms with Gasteiger partial charge < -0.3 is 10.3 Å². The van der Waals surface area contributed by atoms with Crippen LogP contribution >= 0.6 is 11.6 Å². The van der Waals surface area contributed by atoms with Crippen LogP contribution in [0, 0.1) is 13.8 Å². The number of nitrogens with one attached hydrogen (secondary N) is 1. The molecule has 0 radical (unpaired) electrons. The first-order chi connectivity index (χ1) is 9.85. The highest BCUT2D eigenvalue weighted by Crippen LogP contribution is 2.20. The highest BCUT2D eigenvalue weighted by atomic mass is 35.5. The summed E-state index contributed by atoms with van der Waals surface area (Å²) in [6.45, 7) is 3.78. The molecule has 0 fully saturated rings. The second-order valence-corrected chi connectivity index (χ2v) is 6.76. The molecule has 3 N–H and O–H groups in total. The molecule has 0 saturated heterocycles. The van der Waals surface area contributed by atoms with Crippen molar-refractivity contribution in [3.63, 3.8) is 0 Å². The Kier molecular flexibility index (Phi) is 4.67. The SMILES string of the molecule is Cc1noc(C)c1CNS(=O)(=O)c1ccc(Cl)c(CN)c1. The standard InChI is InChI=1S/C13H16ClN3O3S/c1-8-12(9(2)20-17-8)7-16-21(18,19)11-3-4-13(14)10(5-11)6-15/h3-5,16H,6-7,15H2,1-2H3. The second kappa shape index (κ2) is 6.15. The minimum absolute atomic E-state index is 0.115. The Morgan fingerprint density at radius 3 is 2.67 bits per heavy atom. The van der Waals surface area contributed by atoms with Gasteiger partial charge in [-0.2, -0.15) is 0 Å². The summed E-state index contributed by atoms with van der Waals surface area (Å²) in [5.74, 6) is 0.592. The summed E-state index contributed by atoms with van der Waals surface area (Å²) in [5, 5.41) is 4.23. The Morgan fingerprint density at radius 1 is 1.38 bits per heavy atom. The molecular weight excluding hydrogens is 314 g/mol. The first-order valence-corrected chi connectivity index (χ1v) is 8.11. The average Bonchev–Trinajstić information content (AvgIpc) is 2.76. The molecule has 2 rings (SSSR count). The summed E-state index contributed by atoms with van der Waals surface area (Å²) in [5.41, 5.74) is 7.50. The van der Waals surface area contributed by atoms with Crippen LogP contribution in [0.15, 0.2) is 27.6 Å². The molecule has 0 bridgehead atoms. The van der Waals surface area contributed by atoms with Gasteiger partial charge in [-0.15, -0.1) is 0 Å². The second-order valence-electron chi connectivity index (χ2n) is 4.58. The van der Waals surface area contributed by atoms with E-state index in [1.807, 2.05) is 0 Å². The monoisotopic (exact) mass is 329 g/mol. The molecule has 0 aliphatic rings. The summed E-state index contributed by atoms with van der Waals surface area (Å²) < 4.78 is 32.1. The van der Waals surface area contributed by atoms with Crippen LogP contribution in [0.25, 0.3) is 0 Å². The van der Waals surface area contributed by atoms with Crippen molar-refractivity contribution in [2.45, 2.75) is 31.8 Å². The van der Waals surface area contributed by atoms with Gasteiger partial charge in [-0.3, -0.25) is 0 Å². The average molecular weight is 330 g/mol. The summed E-state index contributed by atoms with van der Waals surface area (Å²) in [6, 6.07) is 4.43. The van der Waals surface area contributed by atoms with Crippen molar-refractivity contribution in [2.24, 2.45) is 5.73 Å². The molecule has 114 valence electrons. The minimum Gasteiger partial charge on any atom is -0.361 e. The van der Waals surface area contributed by atoms with Crippen molar-refractivity contribution in [3.8, 4) is 0 Å². The van der Waals surface area contributed by atoms with E-state index in [0.29, 0.717) is 22.0 Å². The number of sulfonamides is 1. The van der Waals surface area contributed by atoms with Gasteiger partial charge in [0.25, 0.3) is 0 Å². The lowest BCUT2D eigenvalue weighted by atomic mass is 10.2. The zero-order valence-corrected chi connectivity index (χ0v) is 13.3. The zero-order valence-electron chi connectivity index (χ0n) is 11.7. The predicted octanol–water partition coefficient (Wildman–Crippen LogP) is 1.88. The number of nitrogens with zero attached hydrogens (tertiary/aromatic N) is 1. The van der Waals surface area contributed by atoms with E-state index in [9.17, 15) is 8.42 Å². The molecule has 8 heteroatoms. The maximum atomic E-state index is 12.3. The fraction of sp³-hybridized carbons (Fsp3) is 0.308. The molecule has 0 aliphatic carbocycles. The zero-order chi connectivity index (χ0) is 15.6. The summed E-state index contributed by atoms with van der Waals surface area (Å²) >= 11 is 5.93. The van der Waals surface area contributed by atoms with E-state index in [4.69, 9.17) is 21.9 Å². The van der Waals surface area contributed by atoms with E-state index in [1.165, 1.54) is 18.2 Å². The normalized spacial score (nSPS) is 11.8. The van der Waals surface area contributed by atoms with E-state index in [1.54, 1.807) is 13.8 Å². The molecule has 0 saturated carbocycles. The van der Waals surface area contributed by atoms with Gasteiger partial charge in [0.15, 0.2) is 0 Å². The van der Waals surface area contributed by atoms with Crippen LogP contribution < -0.4 is 10.5 Å². The lowest BCUT2D eigenvalue weighted by Gasteiger charge is -2.09. The molecule has 0 amide bonds. The Balaban J connectivity index is 2.23. The van der Waals surface area contributed by atoms with Gasteiger partial charge >= 0.3 is 0 Å². The van der Waals surface area contributed by atoms with Gasteiger partial charge in [0.1, 0.15) is 5.76 Å². The van der Waals surface area contributed by atoms with E-state index in [0.717, 1.165) is 5.56 Å². The molecule has 1 aromatic heterocycles. The number of aryl methyl sites for hydroxylation is 2.